The maximum Gasteiger partial charge on any atom is 0.290 e. The molecule has 3 heterocycles. The van der Waals surface area contributed by atoms with E-state index in [2.05, 4.69) is 9.97 Å². The van der Waals surface area contributed by atoms with Gasteiger partial charge in [-0.15, -0.1) is 0 Å². The number of carbonyl (C=O) groups is 2. The summed E-state index contributed by atoms with van der Waals surface area (Å²) in [5, 5.41) is 10.3. The van der Waals surface area contributed by atoms with E-state index in [0.29, 0.717) is 5.56 Å². The molecule has 24 heavy (non-hydrogen) atoms. The Labute approximate surface area is 139 Å². The summed E-state index contributed by atoms with van der Waals surface area (Å²) in [6.45, 7) is 1.98. The van der Waals surface area contributed by atoms with E-state index < -0.39 is 17.7 Å². The van der Waals surface area contributed by atoms with Crippen LogP contribution in [0.3, 0.4) is 0 Å². The van der Waals surface area contributed by atoms with E-state index in [0.717, 1.165) is 5.56 Å². The molecule has 1 N–H and O–H groups in total. The van der Waals surface area contributed by atoms with E-state index in [4.69, 9.17) is 0 Å². The Bertz CT molecular complexity index is 788. The van der Waals surface area contributed by atoms with Crippen LogP contribution in [0.4, 0.5) is 0 Å². The first kappa shape index (κ1) is 15.9. The van der Waals surface area contributed by atoms with Gasteiger partial charge in [-0.2, -0.15) is 0 Å². The van der Waals surface area contributed by atoms with Crippen molar-refractivity contribution in [3.63, 3.8) is 0 Å². The van der Waals surface area contributed by atoms with Crippen LogP contribution >= 0.6 is 0 Å². The van der Waals surface area contributed by atoms with E-state index in [-0.39, 0.29) is 24.3 Å². The number of amides is 1. The second-order valence-electron chi connectivity index (χ2n) is 5.52. The average molecular weight is 323 g/mol. The monoisotopic (exact) mass is 323 g/mol. The molecule has 122 valence electrons. The number of aliphatic hydroxyl groups excluding tert-OH is 1. The number of nitrogens with zero attached hydrogens (tertiary/aromatic N) is 3. The molecule has 0 aliphatic carbocycles. The number of aromatic nitrogens is 2. The summed E-state index contributed by atoms with van der Waals surface area (Å²) in [6, 6.07) is 6.50. The molecule has 0 saturated heterocycles. The minimum Gasteiger partial charge on any atom is -0.503 e. The lowest BCUT2D eigenvalue weighted by atomic mass is 9.96. The zero-order valence-corrected chi connectivity index (χ0v) is 13.2. The third kappa shape index (κ3) is 2.78. The van der Waals surface area contributed by atoms with Gasteiger partial charge >= 0.3 is 0 Å². The van der Waals surface area contributed by atoms with Gasteiger partial charge < -0.3 is 10.0 Å². The molecular formula is C18H17N3O3. The molecule has 0 fully saturated rings. The Kier molecular flexibility index (Phi) is 4.37. The van der Waals surface area contributed by atoms with Crippen molar-refractivity contribution in [3.05, 3.63) is 71.5 Å². The fraction of sp³-hybridized carbons (Fsp3) is 0.222. The molecule has 6 nitrogen and oxygen atoms in total. The highest BCUT2D eigenvalue weighted by Crippen LogP contribution is 2.38. The average Bonchev–Trinajstić information content (AvgIpc) is 2.87. The summed E-state index contributed by atoms with van der Waals surface area (Å²) < 4.78 is 0. The minimum atomic E-state index is -0.633. The molecule has 2 aromatic heterocycles. The Hall–Kier alpha value is -3.02. The number of ketones is 1. The van der Waals surface area contributed by atoms with Crippen LogP contribution < -0.4 is 0 Å². The molecular weight excluding hydrogens is 306 g/mol. The quantitative estimate of drug-likeness (QED) is 0.913. The van der Waals surface area contributed by atoms with Gasteiger partial charge in [0, 0.05) is 37.8 Å². The van der Waals surface area contributed by atoms with Crippen LogP contribution in [0.2, 0.25) is 0 Å². The van der Waals surface area contributed by atoms with Gasteiger partial charge in [-0.05, 0) is 29.3 Å². The third-order valence-electron chi connectivity index (χ3n) is 4.03. The molecule has 1 unspecified atom stereocenters. The normalized spacial score (nSPS) is 17.5. The van der Waals surface area contributed by atoms with Crippen LogP contribution in [0, 0.1) is 0 Å². The SMILES string of the molecule is CCC(=O)C1=C(O)C(=O)N(Cc2ccncc2)C1c1cccnc1. The zero-order chi connectivity index (χ0) is 17.1. The summed E-state index contributed by atoms with van der Waals surface area (Å²) in [5.41, 5.74) is 1.70. The predicted molar refractivity (Wildman–Crippen MR) is 86.7 cm³/mol. The second-order valence-corrected chi connectivity index (χ2v) is 5.52. The maximum absolute atomic E-state index is 12.6. The first-order valence-electron chi connectivity index (χ1n) is 7.69. The summed E-state index contributed by atoms with van der Waals surface area (Å²) in [6.07, 6.45) is 6.73. The Morgan fingerprint density at radius 1 is 1.21 bits per heavy atom. The van der Waals surface area contributed by atoms with Gasteiger partial charge in [0.2, 0.25) is 0 Å². The molecule has 1 atom stereocenters. The molecule has 0 aromatic carbocycles. The van der Waals surface area contributed by atoms with Gasteiger partial charge in [-0.25, -0.2) is 0 Å². The first-order chi connectivity index (χ1) is 11.6. The number of hydrogen-bond acceptors (Lipinski definition) is 5. The molecule has 0 saturated carbocycles. The van der Waals surface area contributed by atoms with Crippen molar-refractivity contribution in [2.45, 2.75) is 25.9 Å². The standard InChI is InChI=1S/C18H17N3O3/c1-2-14(22)15-16(13-4-3-7-20-10-13)21(18(24)17(15)23)11-12-5-8-19-9-6-12/h3-10,16,23H,2,11H2,1H3. The van der Waals surface area contributed by atoms with Gasteiger partial charge in [-0.1, -0.05) is 13.0 Å². The number of hydrogen-bond donors (Lipinski definition) is 1. The van der Waals surface area contributed by atoms with Crippen molar-refractivity contribution < 1.29 is 14.7 Å². The molecule has 1 aliphatic rings. The molecule has 0 bridgehead atoms. The lowest BCUT2D eigenvalue weighted by Crippen LogP contribution is -2.30. The summed E-state index contributed by atoms with van der Waals surface area (Å²) >= 11 is 0. The van der Waals surface area contributed by atoms with E-state index in [1.54, 1.807) is 56.0 Å². The van der Waals surface area contributed by atoms with Crippen molar-refractivity contribution in [1.29, 1.82) is 0 Å². The summed E-state index contributed by atoms with van der Waals surface area (Å²) in [7, 11) is 0. The topological polar surface area (TPSA) is 83.4 Å². The molecule has 3 rings (SSSR count). The van der Waals surface area contributed by atoms with E-state index in [1.807, 2.05) is 0 Å². The summed E-state index contributed by atoms with van der Waals surface area (Å²) in [4.78, 5) is 34.4. The van der Waals surface area contributed by atoms with Crippen molar-refractivity contribution in [2.24, 2.45) is 0 Å². The van der Waals surface area contributed by atoms with Crippen molar-refractivity contribution >= 4 is 11.7 Å². The molecule has 0 spiro atoms. The van der Waals surface area contributed by atoms with Gasteiger partial charge in [0.1, 0.15) is 0 Å². The second kappa shape index (κ2) is 6.62. The van der Waals surface area contributed by atoms with Gasteiger partial charge in [0.15, 0.2) is 11.5 Å². The van der Waals surface area contributed by atoms with Gasteiger partial charge in [0.25, 0.3) is 5.91 Å². The smallest absolute Gasteiger partial charge is 0.290 e. The minimum absolute atomic E-state index is 0.143. The molecule has 6 heteroatoms. The number of pyridine rings is 2. The maximum atomic E-state index is 12.6. The predicted octanol–water partition coefficient (Wildman–Crippen LogP) is 2.35. The summed E-state index contributed by atoms with van der Waals surface area (Å²) in [5.74, 6) is -1.26. The van der Waals surface area contributed by atoms with Crippen LogP contribution in [0.15, 0.2) is 60.4 Å². The Morgan fingerprint density at radius 2 is 1.96 bits per heavy atom. The Balaban J connectivity index is 2.04. The van der Waals surface area contributed by atoms with Crippen molar-refractivity contribution in [3.8, 4) is 0 Å². The van der Waals surface area contributed by atoms with Crippen LogP contribution in [0.1, 0.15) is 30.5 Å². The zero-order valence-electron chi connectivity index (χ0n) is 13.2. The van der Waals surface area contributed by atoms with Crippen LogP contribution in [0.5, 0.6) is 0 Å². The highest BCUT2D eigenvalue weighted by atomic mass is 16.3. The van der Waals surface area contributed by atoms with Crippen molar-refractivity contribution in [2.75, 3.05) is 0 Å². The number of carbonyl (C=O) groups excluding carboxylic acids is 2. The van der Waals surface area contributed by atoms with Crippen LogP contribution in [-0.4, -0.2) is 31.7 Å². The number of aliphatic hydroxyl groups is 1. The van der Waals surface area contributed by atoms with E-state index in [1.165, 1.54) is 4.90 Å². The van der Waals surface area contributed by atoms with E-state index in [9.17, 15) is 14.7 Å². The fourth-order valence-electron chi connectivity index (χ4n) is 2.86. The molecule has 1 aliphatic heterocycles. The van der Waals surface area contributed by atoms with Crippen LogP contribution in [-0.2, 0) is 16.1 Å². The number of rotatable bonds is 5. The fourth-order valence-corrected chi connectivity index (χ4v) is 2.86. The first-order valence-corrected chi connectivity index (χ1v) is 7.69. The lowest BCUT2D eigenvalue weighted by molar-refractivity contribution is -0.130. The van der Waals surface area contributed by atoms with Crippen LogP contribution in [0.25, 0.3) is 0 Å². The van der Waals surface area contributed by atoms with E-state index >= 15 is 0 Å². The highest BCUT2D eigenvalue weighted by Gasteiger charge is 2.42. The molecule has 0 radical (unpaired) electrons. The molecule has 2 aromatic rings. The number of Topliss-reactive ketones (excluding diaryl/α,β-unsaturated/α-hetero) is 1. The van der Waals surface area contributed by atoms with Gasteiger partial charge in [-0.3, -0.25) is 19.6 Å². The largest absolute Gasteiger partial charge is 0.503 e. The third-order valence-corrected chi connectivity index (χ3v) is 4.03. The van der Waals surface area contributed by atoms with Gasteiger partial charge in [0.05, 0.1) is 11.6 Å². The lowest BCUT2D eigenvalue weighted by Gasteiger charge is -2.26. The molecule has 1 amide bonds. The van der Waals surface area contributed by atoms with Crippen molar-refractivity contribution in [1.82, 2.24) is 14.9 Å². The Morgan fingerprint density at radius 3 is 2.58 bits per heavy atom. The highest BCUT2D eigenvalue weighted by molar-refractivity contribution is 6.08.